The maximum Gasteiger partial charge on any atom is 0.329 e. The van der Waals surface area contributed by atoms with E-state index in [9.17, 15) is 48.9 Å². The van der Waals surface area contributed by atoms with Gasteiger partial charge in [0.05, 0.1) is 6.61 Å². The van der Waals surface area contributed by atoms with Crippen LogP contribution in [0.1, 0.15) is 77.8 Å². The van der Waals surface area contributed by atoms with Gasteiger partial charge in [-0.1, -0.05) is 83.0 Å². The number of carbonyl (C=O) groups is 7. The van der Waals surface area contributed by atoms with E-state index < -0.39 is 115 Å². The van der Waals surface area contributed by atoms with Gasteiger partial charge in [0.25, 0.3) is 5.91 Å². The van der Waals surface area contributed by atoms with Crippen molar-refractivity contribution in [1.29, 1.82) is 0 Å². The van der Waals surface area contributed by atoms with Gasteiger partial charge in [-0.25, -0.2) is 4.79 Å². The van der Waals surface area contributed by atoms with Crippen molar-refractivity contribution < 1.29 is 58.4 Å². The molecule has 2 bridgehead atoms. The quantitative estimate of drug-likeness (QED) is 0.137. The van der Waals surface area contributed by atoms with Crippen LogP contribution in [0.25, 0.3) is 0 Å². The topological polar surface area (TPSA) is 253 Å². The molecule has 2 aromatic rings. The van der Waals surface area contributed by atoms with Crippen LogP contribution in [0.4, 0.5) is 0 Å². The Morgan fingerprint density at radius 3 is 2.13 bits per heavy atom. The Bertz CT molecular complexity index is 1900. The molecule has 2 aromatic carbocycles. The number of hydrogen-bond donors (Lipinski definition) is 7. The van der Waals surface area contributed by atoms with Crippen LogP contribution in [0, 0.1) is 11.8 Å². The zero-order valence-corrected chi connectivity index (χ0v) is 37.1. The minimum Gasteiger partial charge on any atom is -0.508 e. The zero-order chi connectivity index (χ0) is 46.5. The Balaban J connectivity index is 1.88. The van der Waals surface area contributed by atoms with Crippen molar-refractivity contribution in [2.75, 3.05) is 20.8 Å². The van der Waals surface area contributed by atoms with Gasteiger partial charge in [0.1, 0.15) is 54.3 Å². The average Bonchev–Trinajstić information content (AvgIpc) is 3.27. The average molecular weight is 881 g/mol. The second-order valence-electron chi connectivity index (χ2n) is 16.5. The normalized spacial score (nSPS) is 27.1. The number of esters is 1. The first kappa shape index (κ1) is 50.1. The Hall–Kier alpha value is -5.59. The lowest BCUT2D eigenvalue weighted by Crippen LogP contribution is -2.66. The molecule has 2 heterocycles. The number of methoxy groups -OCH3 is 1. The molecule has 18 nitrogen and oxygen atoms in total. The number of aryl methyl sites for hydroxylation is 1. The molecule has 11 atom stereocenters. The maximum atomic E-state index is 14.8. The number of hydrogen-bond acceptors (Lipinski definition) is 12. The molecule has 4 rings (SSSR count). The van der Waals surface area contributed by atoms with E-state index in [-0.39, 0.29) is 37.9 Å². The van der Waals surface area contributed by atoms with Crippen molar-refractivity contribution in [3.05, 3.63) is 65.7 Å². The summed E-state index contributed by atoms with van der Waals surface area (Å²) in [7, 11) is 2.60. The summed E-state index contributed by atoms with van der Waals surface area (Å²) in [5.74, 6) is -6.84. The molecule has 346 valence electrons. The molecule has 0 radical (unpaired) electrons. The summed E-state index contributed by atoms with van der Waals surface area (Å²) >= 11 is 0. The van der Waals surface area contributed by atoms with Gasteiger partial charge in [0, 0.05) is 20.6 Å². The second-order valence-corrected chi connectivity index (χ2v) is 16.5. The van der Waals surface area contributed by atoms with Crippen LogP contribution in [0.5, 0.6) is 5.75 Å². The van der Waals surface area contributed by atoms with E-state index in [1.165, 1.54) is 38.1 Å². The zero-order valence-electron chi connectivity index (χ0n) is 37.1. The predicted octanol–water partition coefficient (Wildman–Crippen LogP) is 0.688. The van der Waals surface area contributed by atoms with Gasteiger partial charge in [0.2, 0.25) is 29.5 Å². The van der Waals surface area contributed by atoms with Crippen LogP contribution < -0.4 is 21.3 Å². The summed E-state index contributed by atoms with van der Waals surface area (Å²) in [4.78, 5) is 102. The van der Waals surface area contributed by atoms with Crippen molar-refractivity contribution >= 4 is 41.4 Å². The molecule has 0 saturated carbocycles. The number of aliphatic hydroxyl groups excluding tert-OH is 2. The van der Waals surface area contributed by atoms with E-state index in [0.29, 0.717) is 24.0 Å². The van der Waals surface area contributed by atoms with E-state index in [2.05, 4.69) is 21.3 Å². The molecular weight excluding hydrogens is 817 g/mol. The molecule has 0 spiro atoms. The highest BCUT2D eigenvalue weighted by Crippen LogP contribution is 2.28. The van der Waals surface area contributed by atoms with Crippen molar-refractivity contribution in [3.63, 3.8) is 0 Å². The molecule has 2 aliphatic heterocycles. The summed E-state index contributed by atoms with van der Waals surface area (Å²) in [6, 6.07) is 6.94. The lowest BCUT2D eigenvalue weighted by molar-refractivity contribution is -0.168. The number of carbonyl (C=O) groups excluding carboxylic acids is 7. The third-order valence-corrected chi connectivity index (χ3v) is 12.2. The predicted molar refractivity (Wildman–Crippen MR) is 229 cm³/mol. The molecule has 0 aliphatic carbocycles. The number of fused-ring (bicyclic) bond motifs is 2. The van der Waals surface area contributed by atoms with E-state index in [0.717, 1.165) is 4.90 Å². The number of nitrogens with one attached hydrogen (secondary N) is 4. The van der Waals surface area contributed by atoms with Gasteiger partial charge in [-0.2, -0.15) is 0 Å². The number of rotatable bonds is 13. The molecule has 0 aromatic heterocycles. The first-order valence-electron chi connectivity index (χ1n) is 21.6. The van der Waals surface area contributed by atoms with Crippen molar-refractivity contribution in [1.82, 2.24) is 31.1 Å². The van der Waals surface area contributed by atoms with E-state index in [4.69, 9.17) is 9.47 Å². The van der Waals surface area contributed by atoms with Crippen LogP contribution in [0.15, 0.2) is 54.6 Å². The van der Waals surface area contributed by atoms with E-state index in [1.54, 1.807) is 63.2 Å². The molecule has 63 heavy (non-hydrogen) atoms. The lowest BCUT2D eigenvalue weighted by Gasteiger charge is -2.44. The van der Waals surface area contributed by atoms with Crippen LogP contribution in [-0.2, 0) is 55.9 Å². The number of benzene rings is 2. The number of nitrogens with zero attached hydrogens (tertiary/aromatic N) is 2. The summed E-state index contributed by atoms with van der Waals surface area (Å²) in [5.41, 5.74) is 1.37. The number of phenolic OH excluding ortho intramolecular Hbond substituents is 1. The SMILES string of the molecule is CC[C@@H](C)[C@@H]1NC(=O)[C@@H](Cc2ccccc2)N(C)C(=O)[C@@H]([C@H](C)CC)N2C(=O)[C@@H](CC[C@H]2O)NC(=O)[C@H](CCc2ccc(O)cc2)NC(=O)[C@@H](NC(=O)[C@@H](CO)OC)[C@H](C)OC1=O. The largest absolute Gasteiger partial charge is 0.508 e. The molecule has 7 N–H and O–H groups in total. The number of ether oxygens (including phenoxy) is 2. The van der Waals surface area contributed by atoms with Crippen LogP contribution in [-0.4, -0.2) is 142 Å². The number of cyclic esters (lactones) is 1. The number of piperidine rings is 1. The molecule has 2 aliphatic rings. The van der Waals surface area contributed by atoms with Crippen LogP contribution in [0.2, 0.25) is 0 Å². The first-order chi connectivity index (χ1) is 29.9. The Labute approximate surface area is 368 Å². The smallest absolute Gasteiger partial charge is 0.329 e. The summed E-state index contributed by atoms with van der Waals surface area (Å²) < 4.78 is 10.9. The fourth-order valence-corrected chi connectivity index (χ4v) is 7.75. The molecular formula is C45H64N6O12. The fraction of sp³-hybridized carbons (Fsp3) is 0.578. The Morgan fingerprint density at radius 1 is 0.873 bits per heavy atom. The van der Waals surface area contributed by atoms with Crippen molar-refractivity contribution in [2.24, 2.45) is 11.8 Å². The van der Waals surface area contributed by atoms with Crippen molar-refractivity contribution in [2.45, 2.75) is 134 Å². The molecule has 6 amide bonds. The second kappa shape index (κ2) is 23.2. The third kappa shape index (κ3) is 12.8. The van der Waals surface area contributed by atoms with Gasteiger partial charge in [0.15, 0.2) is 6.10 Å². The minimum atomic E-state index is -1.68. The number of likely N-dealkylation sites (N-methyl/N-ethyl adjacent to an activating group) is 1. The van der Waals surface area contributed by atoms with Gasteiger partial charge in [-0.15, -0.1) is 0 Å². The highest BCUT2D eigenvalue weighted by Gasteiger charge is 2.47. The Morgan fingerprint density at radius 2 is 1.52 bits per heavy atom. The minimum absolute atomic E-state index is 0.00132. The number of aromatic hydroxyl groups is 1. The van der Waals surface area contributed by atoms with Crippen molar-refractivity contribution in [3.8, 4) is 5.75 Å². The van der Waals surface area contributed by atoms with Gasteiger partial charge in [-0.3, -0.25) is 28.8 Å². The van der Waals surface area contributed by atoms with Gasteiger partial charge >= 0.3 is 5.97 Å². The van der Waals surface area contributed by atoms with Gasteiger partial charge in [-0.05, 0) is 67.7 Å². The molecule has 0 unspecified atom stereocenters. The van der Waals surface area contributed by atoms with Crippen LogP contribution in [0.3, 0.4) is 0 Å². The highest BCUT2D eigenvalue weighted by molar-refractivity contribution is 5.98. The summed E-state index contributed by atoms with van der Waals surface area (Å²) in [6.07, 6.45) is -3.42. The molecule has 2 saturated heterocycles. The fourth-order valence-electron chi connectivity index (χ4n) is 7.75. The molecule has 18 heteroatoms. The van der Waals surface area contributed by atoms with E-state index in [1.807, 2.05) is 6.92 Å². The van der Waals surface area contributed by atoms with E-state index >= 15 is 0 Å². The highest BCUT2D eigenvalue weighted by atomic mass is 16.5. The first-order valence-corrected chi connectivity index (χ1v) is 21.6. The Kier molecular flexibility index (Phi) is 18.4. The number of amides is 6. The lowest BCUT2D eigenvalue weighted by atomic mass is 9.91. The third-order valence-electron chi connectivity index (χ3n) is 12.2. The standard InChI is InChI=1S/C45H64N6O12/c1-8-25(3)36-45(61)63-27(5)37(49-41(57)34(24-52)62-7)42(58)46-31(20-17-28-15-18-30(53)19-16-28)39(55)47-32-21-22-35(54)51(43(32)59)38(26(4)9-2)44(60)50(6)33(40(56)48-36)23-29-13-11-10-12-14-29/h10-16,18-19,25-27,31-38,52-54H,8-9,17,20-24H2,1-7H3,(H,46,58)(H,47,55)(H,48,56)(H,49,57)/t25-,26-,27+,31+,32-,33-,34-,35-,36+,37+,38-/m1/s1. The van der Waals surface area contributed by atoms with Crippen LogP contribution >= 0.6 is 0 Å². The summed E-state index contributed by atoms with van der Waals surface area (Å²) in [6.45, 7) is 7.65. The van der Waals surface area contributed by atoms with Gasteiger partial charge < -0.3 is 55.9 Å². The monoisotopic (exact) mass is 880 g/mol. The summed E-state index contributed by atoms with van der Waals surface area (Å²) in [5, 5.41) is 41.7. The maximum absolute atomic E-state index is 14.8. The molecule has 2 fully saturated rings. The number of phenols is 1. The number of aliphatic hydroxyl groups is 2.